The molecule has 0 unspecified atom stereocenters. The summed E-state index contributed by atoms with van der Waals surface area (Å²) in [4.78, 5) is 12.2. The molecule has 3 nitrogen and oxygen atoms in total. The lowest BCUT2D eigenvalue weighted by Crippen LogP contribution is -2.54. The van der Waals surface area contributed by atoms with Crippen molar-refractivity contribution in [2.75, 3.05) is 0 Å². The lowest BCUT2D eigenvalue weighted by atomic mass is 9.64. The highest BCUT2D eigenvalue weighted by atomic mass is 35.6. The van der Waals surface area contributed by atoms with Crippen LogP contribution in [0.25, 0.3) is 0 Å². The average Bonchev–Trinajstić information content (AvgIpc) is 2.98. The van der Waals surface area contributed by atoms with Crippen molar-refractivity contribution in [3.05, 3.63) is 0 Å². The van der Waals surface area contributed by atoms with Crippen LogP contribution in [0, 0.1) is 11.3 Å². The third kappa shape index (κ3) is 1.78. The molecule has 0 spiro atoms. The van der Waals surface area contributed by atoms with Gasteiger partial charge in [0.25, 0.3) is 0 Å². The minimum Gasteiger partial charge on any atom is -0.457 e. The first-order valence-electron chi connectivity index (χ1n) is 5.76. The van der Waals surface area contributed by atoms with Gasteiger partial charge in [0.2, 0.25) is 3.79 Å². The summed E-state index contributed by atoms with van der Waals surface area (Å²) in [7, 11) is 0. The molecule has 2 heterocycles. The second-order valence-electron chi connectivity index (χ2n) is 5.32. The molecule has 0 radical (unpaired) electrons. The molecule has 0 aromatic carbocycles. The highest BCUT2D eigenvalue weighted by Gasteiger charge is 2.66. The van der Waals surface area contributed by atoms with E-state index < -0.39 is 15.3 Å². The minimum absolute atomic E-state index is 0.00470. The fourth-order valence-electron chi connectivity index (χ4n) is 3.20. The number of fused-ring (bicyclic) bond motifs is 3. The van der Waals surface area contributed by atoms with Gasteiger partial charge in [0.15, 0.2) is 0 Å². The highest BCUT2D eigenvalue weighted by molar-refractivity contribution is 6.68. The van der Waals surface area contributed by atoms with E-state index in [0.29, 0.717) is 6.42 Å². The SMILES string of the molecule is C[C@]12C(=O)O[C@@H](C(Cl)(Cl)Cl)C[C@@H]1CC[C@@H]1O[C@@H]12. The number of cyclic esters (lactones) is 1. The van der Waals surface area contributed by atoms with Crippen molar-refractivity contribution in [1.82, 2.24) is 0 Å². The van der Waals surface area contributed by atoms with Crippen molar-refractivity contribution < 1.29 is 14.3 Å². The highest BCUT2D eigenvalue weighted by Crippen LogP contribution is 2.57. The van der Waals surface area contributed by atoms with Crippen molar-refractivity contribution in [2.24, 2.45) is 11.3 Å². The van der Waals surface area contributed by atoms with Crippen LogP contribution in [-0.2, 0) is 14.3 Å². The molecule has 0 aromatic heterocycles. The van der Waals surface area contributed by atoms with Gasteiger partial charge in [-0.1, -0.05) is 34.8 Å². The zero-order valence-electron chi connectivity index (χ0n) is 9.29. The molecular formula is C11H13Cl3O3. The lowest BCUT2D eigenvalue weighted by molar-refractivity contribution is -0.178. The van der Waals surface area contributed by atoms with Gasteiger partial charge < -0.3 is 9.47 Å². The monoisotopic (exact) mass is 298 g/mol. The Morgan fingerprint density at radius 1 is 1.35 bits per heavy atom. The number of esters is 1. The first kappa shape index (κ1) is 12.3. The molecule has 2 aliphatic heterocycles. The van der Waals surface area contributed by atoms with Gasteiger partial charge in [0.05, 0.1) is 11.5 Å². The van der Waals surface area contributed by atoms with Gasteiger partial charge in [-0.05, 0) is 32.1 Å². The quantitative estimate of drug-likeness (QED) is 0.392. The molecule has 2 saturated heterocycles. The number of ether oxygens (including phenoxy) is 2. The normalized spacial score (nSPS) is 49.1. The Kier molecular flexibility index (Phi) is 2.65. The summed E-state index contributed by atoms with van der Waals surface area (Å²) in [5.41, 5.74) is -0.546. The second-order valence-corrected chi connectivity index (χ2v) is 7.69. The molecule has 5 atom stereocenters. The molecule has 1 aliphatic carbocycles. The Balaban J connectivity index is 1.86. The molecule has 0 N–H and O–H groups in total. The predicted molar refractivity (Wildman–Crippen MR) is 64.3 cm³/mol. The summed E-state index contributed by atoms with van der Waals surface area (Å²) >= 11 is 17.5. The smallest absolute Gasteiger partial charge is 0.315 e. The molecule has 3 fully saturated rings. The number of hydrogen-bond acceptors (Lipinski definition) is 3. The Morgan fingerprint density at radius 3 is 2.71 bits per heavy atom. The third-order valence-electron chi connectivity index (χ3n) is 4.37. The number of halogens is 3. The van der Waals surface area contributed by atoms with E-state index in [1.807, 2.05) is 6.92 Å². The van der Waals surface area contributed by atoms with Gasteiger partial charge in [0.1, 0.15) is 12.2 Å². The average molecular weight is 300 g/mol. The van der Waals surface area contributed by atoms with Gasteiger partial charge in [-0.2, -0.15) is 0 Å². The maximum Gasteiger partial charge on any atom is 0.315 e. The van der Waals surface area contributed by atoms with Crippen LogP contribution in [0.5, 0.6) is 0 Å². The molecule has 17 heavy (non-hydrogen) atoms. The first-order chi connectivity index (χ1) is 7.83. The van der Waals surface area contributed by atoms with Gasteiger partial charge in [-0.3, -0.25) is 4.79 Å². The Labute approximate surface area is 115 Å². The molecule has 0 aromatic rings. The van der Waals surface area contributed by atoms with Gasteiger partial charge >= 0.3 is 5.97 Å². The Bertz CT molecular complexity index is 367. The van der Waals surface area contributed by atoms with Crippen molar-refractivity contribution >= 4 is 40.8 Å². The lowest BCUT2D eigenvalue weighted by Gasteiger charge is -2.45. The van der Waals surface area contributed by atoms with Crippen molar-refractivity contribution in [2.45, 2.75) is 48.3 Å². The summed E-state index contributed by atoms with van der Waals surface area (Å²) in [6, 6.07) is 0. The predicted octanol–water partition coefficient (Wildman–Crippen LogP) is 2.86. The summed E-state index contributed by atoms with van der Waals surface area (Å²) < 4.78 is 9.30. The molecule has 1 saturated carbocycles. The molecule has 6 heteroatoms. The van der Waals surface area contributed by atoms with Gasteiger partial charge in [0, 0.05) is 0 Å². The maximum absolute atomic E-state index is 12.2. The summed E-state index contributed by atoms with van der Waals surface area (Å²) in [5, 5.41) is 0. The van der Waals surface area contributed by atoms with Crippen LogP contribution in [0.1, 0.15) is 26.2 Å². The number of alkyl halides is 3. The summed E-state index contributed by atoms with van der Waals surface area (Å²) in [6.07, 6.45) is 2.12. The number of carbonyl (C=O) groups excluding carboxylic acids is 1. The second kappa shape index (κ2) is 3.66. The van der Waals surface area contributed by atoms with E-state index in [4.69, 9.17) is 44.3 Å². The van der Waals surface area contributed by atoms with Crippen LogP contribution in [-0.4, -0.2) is 28.1 Å². The Hall–Kier alpha value is 0.300. The third-order valence-corrected chi connectivity index (χ3v) is 5.10. The van der Waals surface area contributed by atoms with Crippen molar-refractivity contribution in [3.8, 4) is 0 Å². The van der Waals surface area contributed by atoms with E-state index in [2.05, 4.69) is 0 Å². The van der Waals surface area contributed by atoms with Crippen LogP contribution in [0.2, 0.25) is 0 Å². The topological polar surface area (TPSA) is 38.8 Å². The number of epoxide rings is 1. The van der Waals surface area contributed by atoms with E-state index in [1.165, 1.54) is 0 Å². The molecule has 3 aliphatic rings. The largest absolute Gasteiger partial charge is 0.457 e. The standard InChI is InChI=1S/C11H13Cl3O3/c1-10-5(2-3-6-8(10)16-6)4-7(11(12,13)14)17-9(10)15/h5-8H,2-4H2,1H3/t5-,6-,7+,8-,10-/m0/s1. The zero-order valence-corrected chi connectivity index (χ0v) is 11.6. The fraction of sp³-hybridized carbons (Fsp3) is 0.909. The van der Waals surface area contributed by atoms with Crippen LogP contribution < -0.4 is 0 Å². The van der Waals surface area contributed by atoms with Gasteiger partial charge in [-0.15, -0.1) is 0 Å². The van der Waals surface area contributed by atoms with Gasteiger partial charge in [-0.25, -0.2) is 0 Å². The van der Waals surface area contributed by atoms with E-state index in [1.54, 1.807) is 0 Å². The molecular weight excluding hydrogens is 286 g/mol. The van der Waals surface area contributed by atoms with E-state index in [9.17, 15) is 4.79 Å². The first-order valence-corrected chi connectivity index (χ1v) is 6.90. The number of rotatable bonds is 0. The van der Waals surface area contributed by atoms with E-state index in [0.717, 1.165) is 12.8 Å². The molecule has 0 bridgehead atoms. The molecule has 0 amide bonds. The van der Waals surface area contributed by atoms with Crippen LogP contribution in [0.4, 0.5) is 0 Å². The number of hydrogen-bond donors (Lipinski definition) is 0. The summed E-state index contributed by atoms with van der Waals surface area (Å²) in [6.45, 7) is 1.92. The van der Waals surface area contributed by atoms with Crippen molar-refractivity contribution in [3.63, 3.8) is 0 Å². The molecule has 96 valence electrons. The minimum atomic E-state index is -1.54. The van der Waals surface area contributed by atoms with E-state index >= 15 is 0 Å². The maximum atomic E-state index is 12.2. The Morgan fingerprint density at radius 2 is 2.06 bits per heavy atom. The fourth-order valence-corrected chi connectivity index (χ4v) is 3.60. The number of carbonyl (C=O) groups is 1. The zero-order chi connectivity index (χ0) is 12.4. The van der Waals surface area contributed by atoms with Crippen LogP contribution >= 0.6 is 34.8 Å². The van der Waals surface area contributed by atoms with Crippen LogP contribution in [0.15, 0.2) is 0 Å². The van der Waals surface area contributed by atoms with E-state index in [-0.39, 0.29) is 24.1 Å². The molecule has 3 rings (SSSR count). The van der Waals surface area contributed by atoms with Crippen molar-refractivity contribution in [1.29, 1.82) is 0 Å². The van der Waals surface area contributed by atoms with Crippen LogP contribution in [0.3, 0.4) is 0 Å². The summed E-state index contributed by atoms with van der Waals surface area (Å²) in [5.74, 6) is -0.0922.